The molecule has 4 atom stereocenters. The predicted molar refractivity (Wildman–Crippen MR) is 144 cm³/mol. The normalized spacial score (nSPS) is 13.7. The number of hydrogen-bond acceptors (Lipinski definition) is 9. The molecule has 16 heteroatoms. The smallest absolute Gasteiger partial charge is 0.326 e. The highest BCUT2D eigenvalue weighted by atomic mass is 32.1. The molecule has 0 heterocycles. The third kappa shape index (κ3) is 12.8. The van der Waals surface area contributed by atoms with Crippen LogP contribution in [-0.4, -0.2) is 87.4 Å². The Kier molecular flexibility index (Phi) is 14.1. The summed E-state index contributed by atoms with van der Waals surface area (Å²) in [5, 5.41) is 35.1. The topological polar surface area (TPSA) is 273 Å². The second-order valence-corrected chi connectivity index (χ2v) is 8.93. The van der Waals surface area contributed by atoms with Crippen LogP contribution >= 0.6 is 12.6 Å². The zero-order chi connectivity index (χ0) is 29.5. The van der Waals surface area contributed by atoms with Crippen molar-refractivity contribution in [3.05, 3.63) is 29.8 Å². The molecule has 1 rings (SSSR count). The number of thiol groups is 1. The van der Waals surface area contributed by atoms with Gasteiger partial charge in [0.2, 0.25) is 17.7 Å². The number of benzene rings is 1. The number of nitrogens with one attached hydrogen (secondary N) is 3. The highest BCUT2D eigenvalue weighted by Gasteiger charge is 2.30. The van der Waals surface area contributed by atoms with E-state index in [0.717, 1.165) is 0 Å². The molecular formula is C23H35N7O8S. The zero-order valence-electron chi connectivity index (χ0n) is 21.1. The number of nitrogens with zero attached hydrogens (tertiary/aromatic N) is 1. The Morgan fingerprint density at radius 2 is 1.44 bits per heavy atom. The van der Waals surface area contributed by atoms with E-state index >= 15 is 0 Å². The number of phenols is 1. The first-order valence-electron chi connectivity index (χ1n) is 11.9. The number of carboxylic acid groups (broad SMARTS) is 2. The molecule has 0 radical (unpaired) electrons. The minimum absolute atomic E-state index is 0.00127. The van der Waals surface area contributed by atoms with Gasteiger partial charge in [-0.2, -0.15) is 12.6 Å². The van der Waals surface area contributed by atoms with Crippen molar-refractivity contribution in [2.45, 2.75) is 56.3 Å². The molecule has 0 saturated heterocycles. The van der Waals surface area contributed by atoms with Crippen LogP contribution in [0.2, 0.25) is 0 Å². The maximum Gasteiger partial charge on any atom is 0.326 e. The maximum atomic E-state index is 13.1. The Morgan fingerprint density at radius 1 is 0.872 bits per heavy atom. The fourth-order valence-corrected chi connectivity index (χ4v) is 3.52. The van der Waals surface area contributed by atoms with Crippen molar-refractivity contribution in [2.24, 2.45) is 22.2 Å². The fraction of sp³-hybridized carbons (Fsp3) is 0.478. The van der Waals surface area contributed by atoms with Crippen molar-refractivity contribution >= 4 is 48.2 Å². The summed E-state index contributed by atoms with van der Waals surface area (Å²) in [7, 11) is 0. The molecule has 39 heavy (non-hydrogen) atoms. The molecule has 0 aromatic heterocycles. The number of aliphatic imine (C=N–C) groups is 1. The minimum Gasteiger partial charge on any atom is -0.508 e. The van der Waals surface area contributed by atoms with E-state index in [0.29, 0.717) is 5.56 Å². The number of guanidine groups is 1. The lowest BCUT2D eigenvalue weighted by Crippen LogP contribution is -2.58. The summed E-state index contributed by atoms with van der Waals surface area (Å²) in [6, 6.07) is 0.788. The second kappa shape index (κ2) is 16.7. The van der Waals surface area contributed by atoms with Crippen molar-refractivity contribution in [1.29, 1.82) is 0 Å². The monoisotopic (exact) mass is 569 g/mol. The number of nitrogens with two attached hydrogens (primary N) is 3. The average molecular weight is 570 g/mol. The van der Waals surface area contributed by atoms with Crippen molar-refractivity contribution in [2.75, 3.05) is 12.3 Å². The summed E-state index contributed by atoms with van der Waals surface area (Å²) >= 11 is 4.07. The number of carbonyl (C=O) groups is 5. The standard InChI is InChI=1S/C23H35N7O8S/c24-14(7-8-18(32)33)19(34)30-17(11-39)21(36)29-16(10-12-3-5-13(31)6-4-12)20(35)28-15(22(37)38)2-1-9-27-23(25)26/h3-6,14-17,31,39H,1-2,7-11,24H2,(H,28,35)(H,29,36)(H,30,34)(H,32,33)(H,37,38)(H4,25,26,27). The molecule has 0 aliphatic heterocycles. The van der Waals surface area contributed by atoms with Crippen molar-refractivity contribution < 1.29 is 39.3 Å². The minimum atomic E-state index is -1.31. The van der Waals surface area contributed by atoms with Crippen LogP contribution in [0.15, 0.2) is 29.3 Å². The summed E-state index contributed by atoms with van der Waals surface area (Å²) in [5.41, 5.74) is 16.7. The van der Waals surface area contributed by atoms with Gasteiger partial charge in [0.05, 0.1) is 6.04 Å². The van der Waals surface area contributed by atoms with Crippen molar-refractivity contribution in [3.63, 3.8) is 0 Å². The van der Waals surface area contributed by atoms with Gasteiger partial charge in [0.1, 0.15) is 23.9 Å². The summed E-state index contributed by atoms with van der Waals surface area (Å²) in [4.78, 5) is 64.6. The zero-order valence-corrected chi connectivity index (χ0v) is 22.0. The van der Waals surface area contributed by atoms with Gasteiger partial charge >= 0.3 is 11.9 Å². The number of carboxylic acids is 2. The van der Waals surface area contributed by atoms with E-state index in [1.165, 1.54) is 24.3 Å². The molecule has 12 N–H and O–H groups in total. The Balaban J connectivity index is 3.01. The van der Waals surface area contributed by atoms with Gasteiger partial charge in [-0.3, -0.25) is 24.2 Å². The molecule has 15 nitrogen and oxygen atoms in total. The number of aliphatic carboxylic acids is 2. The van der Waals surface area contributed by atoms with E-state index in [4.69, 9.17) is 22.3 Å². The van der Waals surface area contributed by atoms with E-state index in [-0.39, 0.29) is 56.1 Å². The van der Waals surface area contributed by atoms with Gasteiger partial charge in [-0.25, -0.2) is 4.79 Å². The third-order valence-electron chi connectivity index (χ3n) is 5.39. The van der Waals surface area contributed by atoms with Gasteiger partial charge in [0.25, 0.3) is 0 Å². The highest BCUT2D eigenvalue weighted by molar-refractivity contribution is 7.80. The fourth-order valence-electron chi connectivity index (χ4n) is 3.27. The molecule has 1 aromatic carbocycles. The Labute approximate surface area is 230 Å². The number of aromatic hydroxyl groups is 1. The van der Waals surface area contributed by atoms with Crippen molar-refractivity contribution in [3.8, 4) is 5.75 Å². The molecule has 0 bridgehead atoms. The number of hydrogen-bond donors (Lipinski definition) is 10. The maximum absolute atomic E-state index is 13.1. The lowest BCUT2D eigenvalue weighted by Gasteiger charge is -2.24. The van der Waals surface area contributed by atoms with Gasteiger partial charge in [-0.1, -0.05) is 12.1 Å². The Morgan fingerprint density at radius 3 is 1.97 bits per heavy atom. The van der Waals surface area contributed by atoms with Crippen LogP contribution in [0.4, 0.5) is 0 Å². The quantitative estimate of drug-likeness (QED) is 0.0410. The average Bonchev–Trinajstić information content (AvgIpc) is 2.87. The molecule has 216 valence electrons. The van der Waals surface area contributed by atoms with Crippen LogP contribution < -0.4 is 33.2 Å². The molecule has 0 saturated carbocycles. The first-order chi connectivity index (χ1) is 18.3. The van der Waals surface area contributed by atoms with Crippen molar-refractivity contribution in [1.82, 2.24) is 16.0 Å². The summed E-state index contributed by atoms with van der Waals surface area (Å²) < 4.78 is 0. The van der Waals surface area contributed by atoms with Crippen LogP contribution in [0.5, 0.6) is 5.75 Å². The largest absolute Gasteiger partial charge is 0.508 e. The molecular weight excluding hydrogens is 534 g/mol. The van der Waals surface area contributed by atoms with E-state index in [9.17, 15) is 34.2 Å². The molecule has 0 aliphatic carbocycles. The second-order valence-electron chi connectivity index (χ2n) is 8.56. The molecule has 1 aromatic rings. The van der Waals surface area contributed by atoms with Crippen LogP contribution in [0.1, 0.15) is 31.2 Å². The third-order valence-corrected chi connectivity index (χ3v) is 5.76. The summed E-state index contributed by atoms with van der Waals surface area (Å²) in [6.45, 7) is 0.146. The summed E-state index contributed by atoms with van der Waals surface area (Å²) in [5.74, 6) is -5.20. The van der Waals surface area contributed by atoms with Gasteiger partial charge in [-0.15, -0.1) is 0 Å². The first-order valence-corrected chi connectivity index (χ1v) is 12.5. The highest BCUT2D eigenvalue weighted by Crippen LogP contribution is 2.12. The van der Waals surface area contributed by atoms with Crippen LogP contribution in [-0.2, 0) is 30.4 Å². The predicted octanol–water partition coefficient (Wildman–Crippen LogP) is -2.35. The van der Waals surface area contributed by atoms with Gasteiger partial charge in [0, 0.05) is 25.1 Å². The first kappa shape index (κ1) is 33.0. The number of rotatable bonds is 17. The van der Waals surface area contributed by atoms with E-state index in [2.05, 4.69) is 33.6 Å². The van der Waals surface area contributed by atoms with E-state index in [1.807, 2.05) is 0 Å². The number of carbonyl (C=O) groups excluding carboxylic acids is 3. The van der Waals surface area contributed by atoms with Crippen LogP contribution in [0.3, 0.4) is 0 Å². The molecule has 3 amide bonds. The number of phenolic OH excluding ortho intramolecular Hbond substituents is 1. The Bertz CT molecular complexity index is 1030. The molecule has 0 spiro atoms. The SMILES string of the molecule is NC(N)=NCCCC(NC(=O)C(Cc1ccc(O)cc1)NC(=O)C(CS)NC(=O)C(N)CCC(=O)O)C(=O)O. The summed E-state index contributed by atoms with van der Waals surface area (Å²) in [6.07, 6.45) is -0.337. The lowest BCUT2D eigenvalue weighted by molar-refractivity contribution is -0.142. The van der Waals surface area contributed by atoms with Gasteiger partial charge in [-0.05, 0) is 37.0 Å². The number of amides is 3. The van der Waals surface area contributed by atoms with Gasteiger partial charge in [0.15, 0.2) is 5.96 Å². The molecule has 0 aliphatic rings. The Hall–Kier alpha value is -4.05. The van der Waals surface area contributed by atoms with Gasteiger partial charge < -0.3 is 48.5 Å². The lowest BCUT2D eigenvalue weighted by atomic mass is 10.0. The van der Waals surface area contributed by atoms with E-state index < -0.39 is 53.8 Å². The van der Waals surface area contributed by atoms with E-state index in [1.54, 1.807) is 0 Å². The molecule has 4 unspecified atom stereocenters. The molecule has 0 fully saturated rings. The van der Waals surface area contributed by atoms with Crippen LogP contribution in [0.25, 0.3) is 0 Å². The van der Waals surface area contributed by atoms with Crippen LogP contribution in [0, 0.1) is 0 Å².